The van der Waals surface area contributed by atoms with Gasteiger partial charge in [0.2, 0.25) is 0 Å². The molecular weight excluding hydrogens is 211 g/mol. The van der Waals surface area contributed by atoms with Crippen LogP contribution in [0.15, 0.2) is 54.6 Å². The van der Waals surface area contributed by atoms with Crippen molar-refractivity contribution >= 4 is 6.08 Å². The maximum atomic E-state index is 12.7. The fraction of sp³-hybridized carbons (Fsp3) is 0.125. The van der Waals surface area contributed by atoms with E-state index in [-0.39, 0.29) is 5.82 Å². The quantitative estimate of drug-likeness (QED) is 0.728. The molecule has 86 valence electrons. The van der Waals surface area contributed by atoms with Crippen molar-refractivity contribution < 1.29 is 4.39 Å². The van der Waals surface area contributed by atoms with E-state index < -0.39 is 0 Å². The van der Waals surface area contributed by atoms with Crippen LogP contribution in [0.2, 0.25) is 0 Å². The van der Waals surface area contributed by atoms with Crippen LogP contribution in [0.4, 0.5) is 4.39 Å². The molecule has 0 spiro atoms. The molecule has 2 rings (SSSR count). The molecule has 0 bridgehead atoms. The van der Waals surface area contributed by atoms with Gasteiger partial charge in [-0.2, -0.15) is 0 Å². The molecule has 0 radical (unpaired) electrons. The van der Waals surface area contributed by atoms with E-state index in [0.29, 0.717) is 0 Å². The van der Waals surface area contributed by atoms with Crippen molar-refractivity contribution in [3.8, 4) is 0 Å². The van der Waals surface area contributed by atoms with Crippen LogP contribution in [0, 0.1) is 12.7 Å². The van der Waals surface area contributed by atoms with Gasteiger partial charge in [-0.3, -0.25) is 0 Å². The molecule has 0 aromatic heterocycles. The molecule has 0 atom stereocenters. The van der Waals surface area contributed by atoms with Gasteiger partial charge in [-0.25, -0.2) is 4.39 Å². The summed E-state index contributed by atoms with van der Waals surface area (Å²) in [7, 11) is 0. The Bertz CT molecular complexity index is 492. The first-order valence-electron chi connectivity index (χ1n) is 5.72. The molecule has 0 amide bonds. The smallest absolute Gasteiger partial charge is 0.123 e. The summed E-state index contributed by atoms with van der Waals surface area (Å²) in [5.74, 6) is -0.184. The SMILES string of the molecule is Cc1ccc(/C=C/Cc2ccc(F)cc2)cc1. The average Bonchev–Trinajstić information content (AvgIpc) is 2.34. The van der Waals surface area contributed by atoms with E-state index >= 15 is 0 Å². The number of benzene rings is 2. The molecule has 0 saturated heterocycles. The predicted molar refractivity (Wildman–Crippen MR) is 70.3 cm³/mol. The maximum Gasteiger partial charge on any atom is 0.123 e. The summed E-state index contributed by atoms with van der Waals surface area (Å²) < 4.78 is 12.7. The summed E-state index contributed by atoms with van der Waals surface area (Å²) in [5.41, 5.74) is 3.58. The molecule has 2 aromatic carbocycles. The van der Waals surface area contributed by atoms with Crippen molar-refractivity contribution in [2.24, 2.45) is 0 Å². The van der Waals surface area contributed by atoms with Crippen LogP contribution in [0.25, 0.3) is 6.08 Å². The molecule has 0 N–H and O–H groups in total. The minimum absolute atomic E-state index is 0.184. The number of hydrogen-bond donors (Lipinski definition) is 0. The molecule has 1 heteroatoms. The maximum absolute atomic E-state index is 12.7. The van der Waals surface area contributed by atoms with Crippen molar-refractivity contribution in [1.29, 1.82) is 0 Å². The van der Waals surface area contributed by atoms with E-state index in [9.17, 15) is 4.39 Å². The van der Waals surface area contributed by atoms with Gasteiger partial charge in [0.05, 0.1) is 0 Å². The fourth-order valence-corrected chi connectivity index (χ4v) is 1.63. The van der Waals surface area contributed by atoms with Gasteiger partial charge >= 0.3 is 0 Å². The second-order valence-electron chi connectivity index (χ2n) is 4.14. The predicted octanol–water partition coefficient (Wildman–Crippen LogP) is 4.39. The van der Waals surface area contributed by atoms with E-state index in [1.165, 1.54) is 23.3 Å². The molecular formula is C16H15F. The van der Waals surface area contributed by atoms with Crippen molar-refractivity contribution in [2.45, 2.75) is 13.3 Å². The molecule has 0 saturated carbocycles. The third-order valence-electron chi connectivity index (χ3n) is 2.65. The van der Waals surface area contributed by atoms with Crippen LogP contribution in [0.3, 0.4) is 0 Å². The number of allylic oxidation sites excluding steroid dienone is 1. The highest BCUT2D eigenvalue weighted by Gasteiger charge is 1.91. The Kier molecular flexibility index (Phi) is 3.71. The first-order chi connectivity index (χ1) is 8.24. The Labute approximate surface area is 101 Å². The lowest BCUT2D eigenvalue weighted by Crippen LogP contribution is -1.81. The summed E-state index contributed by atoms with van der Waals surface area (Å²) in [5, 5.41) is 0. The molecule has 0 aliphatic heterocycles. The zero-order chi connectivity index (χ0) is 12.1. The summed E-state index contributed by atoms with van der Waals surface area (Å²) in [6, 6.07) is 15.0. The van der Waals surface area contributed by atoms with E-state index in [1.54, 1.807) is 0 Å². The first-order valence-corrected chi connectivity index (χ1v) is 5.72. The van der Waals surface area contributed by atoms with E-state index in [0.717, 1.165) is 12.0 Å². The van der Waals surface area contributed by atoms with Gasteiger partial charge in [0.1, 0.15) is 5.82 Å². The zero-order valence-electron chi connectivity index (χ0n) is 9.86. The van der Waals surface area contributed by atoms with Crippen LogP contribution in [0.5, 0.6) is 0 Å². The highest BCUT2D eigenvalue weighted by molar-refractivity contribution is 5.50. The molecule has 0 heterocycles. The van der Waals surface area contributed by atoms with Crippen molar-refractivity contribution in [3.05, 3.63) is 77.1 Å². The standard InChI is InChI=1S/C16H15F/c1-13-5-7-14(8-6-13)3-2-4-15-9-11-16(17)12-10-15/h2-3,5-12H,4H2,1H3/b3-2+. The van der Waals surface area contributed by atoms with Crippen molar-refractivity contribution in [1.82, 2.24) is 0 Å². The largest absolute Gasteiger partial charge is 0.207 e. The molecule has 0 fully saturated rings. The molecule has 0 nitrogen and oxygen atoms in total. The van der Waals surface area contributed by atoms with Gasteiger partial charge in [-0.15, -0.1) is 0 Å². The first kappa shape index (κ1) is 11.6. The zero-order valence-corrected chi connectivity index (χ0v) is 9.86. The van der Waals surface area contributed by atoms with Gasteiger partial charge in [0.15, 0.2) is 0 Å². The van der Waals surface area contributed by atoms with E-state index in [1.807, 2.05) is 12.1 Å². The Morgan fingerprint density at radius 3 is 2.24 bits per heavy atom. The monoisotopic (exact) mass is 226 g/mol. The second kappa shape index (κ2) is 5.44. The van der Waals surface area contributed by atoms with Gasteiger partial charge in [0.25, 0.3) is 0 Å². The summed E-state index contributed by atoms with van der Waals surface area (Å²) in [6.45, 7) is 2.08. The fourth-order valence-electron chi connectivity index (χ4n) is 1.63. The van der Waals surface area contributed by atoms with Gasteiger partial charge in [-0.05, 0) is 36.6 Å². The minimum Gasteiger partial charge on any atom is -0.207 e. The highest BCUT2D eigenvalue weighted by atomic mass is 19.1. The average molecular weight is 226 g/mol. The van der Waals surface area contributed by atoms with Crippen molar-refractivity contribution in [2.75, 3.05) is 0 Å². The van der Waals surface area contributed by atoms with Gasteiger partial charge in [-0.1, -0.05) is 54.1 Å². The molecule has 0 aliphatic rings. The number of halogens is 1. The molecule has 0 unspecified atom stereocenters. The van der Waals surface area contributed by atoms with E-state index in [2.05, 4.69) is 43.3 Å². The Morgan fingerprint density at radius 2 is 1.59 bits per heavy atom. The van der Waals surface area contributed by atoms with E-state index in [4.69, 9.17) is 0 Å². The lowest BCUT2D eigenvalue weighted by atomic mass is 10.1. The number of hydrogen-bond acceptors (Lipinski definition) is 0. The summed E-state index contributed by atoms with van der Waals surface area (Å²) in [6.07, 6.45) is 5.01. The summed E-state index contributed by atoms with van der Waals surface area (Å²) >= 11 is 0. The molecule has 0 aliphatic carbocycles. The van der Waals surface area contributed by atoms with Crippen LogP contribution in [-0.4, -0.2) is 0 Å². The third kappa shape index (κ3) is 3.56. The topological polar surface area (TPSA) is 0 Å². The summed E-state index contributed by atoms with van der Waals surface area (Å²) in [4.78, 5) is 0. The van der Waals surface area contributed by atoms with Crippen LogP contribution in [-0.2, 0) is 6.42 Å². The molecule has 2 aromatic rings. The molecule has 17 heavy (non-hydrogen) atoms. The normalized spacial score (nSPS) is 10.9. The number of rotatable bonds is 3. The highest BCUT2D eigenvalue weighted by Crippen LogP contribution is 2.08. The Hall–Kier alpha value is -1.89. The van der Waals surface area contributed by atoms with Gasteiger partial charge < -0.3 is 0 Å². The van der Waals surface area contributed by atoms with Crippen LogP contribution < -0.4 is 0 Å². The lowest BCUT2D eigenvalue weighted by Gasteiger charge is -1.97. The van der Waals surface area contributed by atoms with Crippen LogP contribution in [0.1, 0.15) is 16.7 Å². The minimum atomic E-state index is -0.184. The Morgan fingerprint density at radius 1 is 0.941 bits per heavy atom. The Balaban J connectivity index is 1.97. The third-order valence-corrected chi connectivity index (χ3v) is 2.65. The van der Waals surface area contributed by atoms with Crippen molar-refractivity contribution in [3.63, 3.8) is 0 Å². The number of aryl methyl sites for hydroxylation is 1. The lowest BCUT2D eigenvalue weighted by molar-refractivity contribution is 0.627. The second-order valence-corrected chi connectivity index (χ2v) is 4.14. The van der Waals surface area contributed by atoms with Crippen LogP contribution >= 0.6 is 0 Å². The van der Waals surface area contributed by atoms with Gasteiger partial charge in [0, 0.05) is 0 Å².